The molecule has 0 amide bonds. The Hall–Kier alpha value is -1.58. The summed E-state index contributed by atoms with van der Waals surface area (Å²) in [4.78, 5) is 1.46. The van der Waals surface area contributed by atoms with Crippen LogP contribution < -0.4 is 5.32 Å². The quantitative estimate of drug-likeness (QED) is 0.638. The van der Waals surface area contributed by atoms with Crippen molar-refractivity contribution < 1.29 is 0 Å². The van der Waals surface area contributed by atoms with Crippen LogP contribution in [0.15, 0.2) is 48.0 Å². The van der Waals surface area contributed by atoms with Crippen molar-refractivity contribution in [3.63, 3.8) is 0 Å². The first-order valence-electron chi connectivity index (χ1n) is 7.68. The van der Waals surface area contributed by atoms with Crippen LogP contribution in [-0.2, 0) is 19.5 Å². The molecule has 2 nitrogen and oxygen atoms in total. The van der Waals surface area contributed by atoms with Crippen molar-refractivity contribution in [1.29, 1.82) is 0 Å². The standard InChI is InChI=1S/C18H22N2S/c1-2-10-19-14-16-6-3-5-15-8-11-20(18(15)16)12-9-17-7-4-13-21-17/h3-8,11,13,19H,2,9-10,12,14H2,1H3. The first-order chi connectivity index (χ1) is 10.4. The summed E-state index contributed by atoms with van der Waals surface area (Å²) >= 11 is 1.85. The third-order valence-electron chi connectivity index (χ3n) is 3.79. The highest BCUT2D eigenvalue weighted by Gasteiger charge is 2.06. The van der Waals surface area contributed by atoms with Crippen molar-refractivity contribution in [2.45, 2.75) is 32.9 Å². The molecule has 0 saturated carbocycles. The molecule has 1 aromatic carbocycles. The number of hydrogen-bond donors (Lipinski definition) is 1. The van der Waals surface area contributed by atoms with Crippen LogP contribution in [0.1, 0.15) is 23.8 Å². The largest absolute Gasteiger partial charge is 0.347 e. The summed E-state index contributed by atoms with van der Waals surface area (Å²) in [5.41, 5.74) is 2.79. The summed E-state index contributed by atoms with van der Waals surface area (Å²) < 4.78 is 2.40. The van der Waals surface area contributed by atoms with Crippen LogP contribution in [0.2, 0.25) is 0 Å². The first-order valence-corrected chi connectivity index (χ1v) is 8.56. The molecule has 1 N–H and O–H groups in total. The number of aryl methyl sites for hydroxylation is 2. The van der Waals surface area contributed by atoms with Gasteiger partial charge in [-0.15, -0.1) is 11.3 Å². The highest BCUT2D eigenvalue weighted by Crippen LogP contribution is 2.21. The second-order valence-electron chi connectivity index (χ2n) is 5.37. The monoisotopic (exact) mass is 298 g/mol. The van der Waals surface area contributed by atoms with E-state index in [1.165, 1.54) is 27.8 Å². The summed E-state index contributed by atoms with van der Waals surface area (Å²) in [6, 6.07) is 13.2. The number of nitrogens with one attached hydrogen (secondary N) is 1. The van der Waals surface area contributed by atoms with E-state index in [-0.39, 0.29) is 0 Å². The number of para-hydroxylation sites is 1. The molecule has 110 valence electrons. The third kappa shape index (κ3) is 3.36. The fraction of sp³-hybridized carbons (Fsp3) is 0.333. The minimum Gasteiger partial charge on any atom is -0.347 e. The van der Waals surface area contributed by atoms with Gasteiger partial charge in [0.2, 0.25) is 0 Å². The minimum atomic E-state index is 0.953. The maximum absolute atomic E-state index is 3.52. The van der Waals surface area contributed by atoms with Crippen LogP contribution in [0.5, 0.6) is 0 Å². The number of hydrogen-bond acceptors (Lipinski definition) is 2. The molecule has 0 spiro atoms. The van der Waals surface area contributed by atoms with E-state index in [0.717, 1.165) is 26.1 Å². The van der Waals surface area contributed by atoms with Gasteiger partial charge in [0.05, 0.1) is 5.52 Å². The van der Waals surface area contributed by atoms with E-state index >= 15 is 0 Å². The Morgan fingerprint density at radius 3 is 2.90 bits per heavy atom. The summed E-state index contributed by atoms with van der Waals surface area (Å²) in [6.07, 6.45) is 4.51. The van der Waals surface area contributed by atoms with Gasteiger partial charge in [-0.1, -0.05) is 31.2 Å². The topological polar surface area (TPSA) is 17.0 Å². The van der Waals surface area contributed by atoms with Crippen molar-refractivity contribution in [2.24, 2.45) is 0 Å². The Balaban J connectivity index is 1.81. The molecule has 2 aromatic heterocycles. The van der Waals surface area contributed by atoms with Crippen molar-refractivity contribution in [2.75, 3.05) is 6.54 Å². The zero-order chi connectivity index (χ0) is 14.5. The number of benzene rings is 1. The predicted molar refractivity (Wildman–Crippen MR) is 92.0 cm³/mol. The summed E-state index contributed by atoms with van der Waals surface area (Å²) in [5, 5.41) is 7.02. The van der Waals surface area contributed by atoms with Gasteiger partial charge in [0, 0.05) is 24.2 Å². The molecule has 0 fully saturated rings. The number of thiophene rings is 1. The lowest BCUT2D eigenvalue weighted by Crippen LogP contribution is -2.14. The van der Waals surface area contributed by atoms with Gasteiger partial charge in [0.1, 0.15) is 0 Å². The average molecular weight is 298 g/mol. The van der Waals surface area contributed by atoms with E-state index in [9.17, 15) is 0 Å². The van der Waals surface area contributed by atoms with Crippen molar-refractivity contribution in [3.05, 3.63) is 58.4 Å². The molecule has 21 heavy (non-hydrogen) atoms. The molecule has 3 heteroatoms. The number of fused-ring (bicyclic) bond motifs is 1. The fourth-order valence-electron chi connectivity index (χ4n) is 2.76. The molecule has 0 atom stereocenters. The van der Waals surface area contributed by atoms with E-state index in [1.807, 2.05) is 11.3 Å². The number of rotatable bonds is 7. The van der Waals surface area contributed by atoms with Crippen LogP contribution in [0, 0.1) is 0 Å². The average Bonchev–Trinajstić information content (AvgIpc) is 3.15. The normalized spacial score (nSPS) is 11.3. The molecule has 0 aliphatic carbocycles. The van der Waals surface area contributed by atoms with Crippen LogP contribution >= 0.6 is 11.3 Å². The maximum Gasteiger partial charge on any atom is 0.0525 e. The Kier molecular flexibility index (Phi) is 4.73. The van der Waals surface area contributed by atoms with Gasteiger partial charge < -0.3 is 9.88 Å². The molecule has 0 saturated heterocycles. The molecule has 0 aliphatic rings. The molecule has 0 unspecified atom stereocenters. The van der Waals surface area contributed by atoms with Gasteiger partial charge in [0.15, 0.2) is 0 Å². The van der Waals surface area contributed by atoms with Crippen LogP contribution in [-0.4, -0.2) is 11.1 Å². The summed E-state index contributed by atoms with van der Waals surface area (Å²) in [5.74, 6) is 0. The summed E-state index contributed by atoms with van der Waals surface area (Å²) in [7, 11) is 0. The molecule has 0 radical (unpaired) electrons. The van der Waals surface area contributed by atoms with Gasteiger partial charge >= 0.3 is 0 Å². The molecule has 2 heterocycles. The zero-order valence-corrected chi connectivity index (χ0v) is 13.3. The van der Waals surface area contributed by atoms with E-state index in [0.29, 0.717) is 0 Å². The van der Waals surface area contributed by atoms with E-state index in [1.54, 1.807) is 0 Å². The molecular weight excluding hydrogens is 276 g/mol. The van der Waals surface area contributed by atoms with Gasteiger partial charge in [-0.25, -0.2) is 0 Å². The number of nitrogens with zero attached hydrogens (tertiary/aromatic N) is 1. The Morgan fingerprint density at radius 2 is 2.10 bits per heavy atom. The third-order valence-corrected chi connectivity index (χ3v) is 4.73. The predicted octanol–water partition coefficient (Wildman–Crippen LogP) is 4.45. The molecule has 3 aromatic rings. The van der Waals surface area contributed by atoms with Gasteiger partial charge in [-0.05, 0) is 47.8 Å². The highest BCUT2D eigenvalue weighted by molar-refractivity contribution is 7.09. The lowest BCUT2D eigenvalue weighted by Gasteiger charge is -2.10. The van der Waals surface area contributed by atoms with E-state index in [4.69, 9.17) is 0 Å². The van der Waals surface area contributed by atoms with Gasteiger partial charge in [0.25, 0.3) is 0 Å². The van der Waals surface area contributed by atoms with Crippen molar-refractivity contribution in [1.82, 2.24) is 9.88 Å². The lowest BCUT2D eigenvalue weighted by atomic mass is 10.1. The highest BCUT2D eigenvalue weighted by atomic mass is 32.1. The lowest BCUT2D eigenvalue weighted by molar-refractivity contribution is 0.671. The van der Waals surface area contributed by atoms with Gasteiger partial charge in [-0.2, -0.15) is 0 Å². The van der Waals surface area contributed by atoms with Gasteiger partial charge in [-0.3, -0.25) is 0 Å². The minimum absolute atomic E-state index is 0.953. The van der Waals surface area contributed by atoms with Crippen molar-refractivity contribution >= 4 is 22.2 Å². The van der Waals surface area contributed by atoms with Crippen molar-refractivity contribution in [3.8, 4) is 0 Å². The van der Waals surface area contributed by atoms with E-state index < -0.39 is 0 Å². The smallest absolute Gasteiger partial charge is 0.0525 e. The molecule has 0 bridgehead atoms. The Morgan fingerprint density at radius 1 is 1.14 bits per heavy atom. The SMILES string of the molecule is CCCNCc1cccc2ccn(CCc3cccs3)c12. The van der Waals surface area contributed by atoms with Crippen LogP contribution in [0.3, 0.4) is 0 Å². The first kappa shape index (κ1) is 14.4. The molecule has 0 aliphatic heterocycles. The Bertz CT molecular complexity index is 682. The second-order valence-corrected chi connectivity index (χ2v) is 6.40. The molecular formula is C18H22N2S. The fourth-order valence-corrected chi connectivity index (χ4v) is 3.45. The second kappa shape index (κ2) is 6.92. The van der Waals surface area contributed by atoms with Crippen LogP contribution in [0.25, 0.3) is 10.9 Å². The molecule has 3 rings (SSSR count). The van der Waals surface area contributed by atoms with E-state index in [2.05, 4.69) is 64.8 Å². The van der Waals surface area contributed by atoms with Crippen LogP contribution in [0.4, 0.5) is 0 Å². The zero-order valence-electron chi connectivity index (χ0n) is 12.5. The summed E-state index contributed by atoms with van der Waals surface area (Å²) in [6.45, 7) is 5.28. The number of aromatic nitrogens is 1. The maximum atomic E-state index is 3.52. The Labute approximate surface area is 130 Å².